The second kappa shape index (κ2) is 4.90. The molecule has 2 N–H and O–H groups in total. The summed E-state index contributed by atoms with van der Waals surface area (Å²) in [6.07, 6.45) is -0.396. The Labute approximate surface area is 117 Å². The second-order valence-electron chi connectivity index (χ2n) is 5.93. The van der Waals surface area contributed by atoms with Gasteiger partial charge in [-0.15, -0.1) is 0 Å². The van der Waals surface area contributed by atoms with Gasteiger partial charge < -0.3 is 15.1 Å². The summed E-state index contributed by atoms with van der Waals surface area (Å²) >= 11 is 0. The van der Waals surface area contributed by atoms with E-state index in [0.29, 0.717) is 12.0 Å². The van der Waals surface area contributed by atoms with Crippen LogP contribution in [0.3, 0.4) is 0 Å². The van der Waals surface area contributed by atoms with Crippen molar-refractivity contribution in [1.29, 1.82) is 0 Å². The van der Waals surface area contributed by atoms with Gasteiger partial charge in [-0.05, 0) is 37.5 Å². The van der Waals surface area contributed by atoms with Gasteiger partial charge in [0.15, 0.2) is 0 Å². The monoisotopic (exact) mass is 277 g/mol. The number of carbonyl (C=O) groups is 2. The Morgan fingerprint density at radius 3 is 2.70 bits per heavy atom. The molecule has 0 fully saturated rings. The second-order valence-corrected chi connectivity index (χ2v) is 5.93. The Hall–Kier alpha value is -1.88. The van der Waals surface area contributed by atoms with Crippen LogP contribution in [0.2, 0.25) is 0 Å². The van der Waals surface area contributed by atoms with Gasteiger partial charge in [-0.2, -0.15) is 0 Å². The Balaban J connectivity index is 2.21. The zero-order valence-corrected chi connectivity index (χ0v) is 11.9. The lowest BCUT2D eigenvalue weighted by Gasteiger charge is -2.23. The fraction of sp³-hybridized carbons (Fsp3) is 0.467. The lowest BCUT2D eigenvalue weighted by Crippen LogP contribution is -2.26. The maximum Gasteiger partial charge on any atom is 0.309 e. The summed E-state index contributed by atoms with van der Waals surface area (Å²) in [5.41, 5.74) is 1.39. The number of carboxylic acids is 1. The highest BCUT2D eigenvalue weighted by molar-refractivity contribution is 6.00. The van der Waals surface area contributed by atoms with Gasteiger partial charge in [-0.3, -0.25) is 9.59 Å². The van der Waals surface area contributed by atoms with Crippen LogP contribution in [-0.4, -0.2) is 29.1 Å². The van der Waals surface area contributed by atoms with Gasteiger partial charge in [0.25, 0.3) is 0 Å². The van der Waals surface area contributed by atoms with E-state index in [9.17, 15) is 14.7 Å². The highest BCUT2D eigenvalue weighted by Gasteiger charge is 2.31. The maximum atomic E-state index is 11.6. The molecule has 1 unspecified atom stereocenters. The molecular weight excluding hydrogens is 258 g/mol. The third-order valence-electron chi connectivity index (χ3n) is 3.85. The highest BCUT2D eigenvalue weighted by atomic mass is 16.4. The Kier molecular flexibility index (Phi) is 3.56. The molecule has 5 nitrogen and oxygen atoms in total. The average molecular weight is 277 g/mol. The van der Waals surface area contributed by atoms with Crippen LogP contribution in [0, 0.1) is 5.41 Å². The summed E-state index contributed by atoms with van der Waals surface area (Å²) in [5, 5.41) is 19.3. The van der Waals surface area contributed by atoms with E-state index in [2.05, 4.69) is 0 Å². The summed E-state index contributed by atoms with van der Waals surface area (Å²) in [4.78, 5) is 24.3. The van der Waals surface area contributed by atoms with Gasteiger partial charge in [0, 0.05) is 12.7 Å². The van der Waals surface area contributed by atoms with Crippen LogP contribution in [0.25, 0.3) is 0 Å². The molecule has 1 atom stereocenters. The molecule has 1 aromatic rings. The number of fused-ring (bicyclic) bond motifs is 1. The van der Waals surface area contributed by atoms with E-state index >= 15 is 0 Å². The van der Waals surface area contributed by atoms with Crippen molar-refractivity contribution in [2.75, 3.05) is 11.9 Å². The molecule has 20 heavy (non-hydrogen) atoms. The van der Waals surface area contributed by atoms with Crippen molar-refractivity contribution in [1.82, 2.24) is 0 Å². The van der Waals surface area contributed by atoms with Crippen molar-refractivity contribution in [3.05, 3.63) is 29.3 Å². The van der Waals surface area contributed by atoms with Crippen molar-refractivity contribution in [2.45, 2.75) is 32.8 Å². The fourth-order valence-corrected chi connectivity index (χ4v) is 2.39. The van der Waals surface area contributed by atoms with Crippen LogP contribution < -0.4 is 4.90 Å². The summed E-state index contributed by atoms with van der Waals surface area (Å²) < 4.78 is 0. The molecule has 1 heterocycles. The highest BCUT2D eigenvalue weighted by Crippen LogP contribution is 2.34. The van der Waals surface area contributed by atoms with Gasteiger partial charge in [0.1, 0.15) is 0 Å². The first-order valence-corrected chi connectivity index (χ1v) is 6.53. The van der Waals surface area contributed by atoms with E-state index in [0.717, 1.165) is 11.3 Å². The first-order valence-electron chi connectivity index (χ1n) is 6.53. The third-order valence-corrected chi connectivity index (χ3v) is 3.85. The SMILES string of the molecule is CN1C(=O)Cc2cc(C(O)CC(C)(C)C(=O)O)ccc21. The normalized spacial score (nSPS) is 16.2. The van der Waals surface area contributed by atoms with E-state index in [1.807, 2.05) is 0 Å². The lowest BCUT2D eigenvalue weighted by molar-refractivity contribution is -0.148. The summed E-state index contributed by atoms with van der Waals surface area (Å²) in [6.45, 7) is 3.17. The molecule has 1 aromatic carbocycles. The number of rotatable bonds is 4. The molecule has 0 aromatic heterocycles. The quantitative estimate of drug-likeness (QED) is 0.878. The number of nitrogens with zero attached hydrogens (tertiary/aromatic N) is 1. The number of hydrogen-bond donors (Lipinski definition) is 2. The summed E-state index contributed by atoms with van der Waals surface area (Å²) in [5.74, 6) is -0.912. The Morgan fingerprint density at radius 1 is 1.45 bits per heavy atom. The van der Waals surface area contributed by atoms with E-state index < -0.39 is 17.5 Å². The molecule has 1 aliphatic heterocycles. The van der Waals surface area contributed by atoms with Crippen LogP contribution in [0.4, 0.5) is 5.69 Å². The zero-order chi connectivity index (χ0) is 15.1. The minimum Gasteiger partial charge on any atom is -0.481 e. The molecular formula is C15H19NO4. The Bertz CT molecular complexity index is 565. The first-order chi connectivity index (χ1) is 9.22. The molecule has 0 aliphatic carbocycles. The molecule has 0 saturated carbocycles. The predicted octanol–water partition coefficient (Wildman–Crippen LogP) is 1.74. The fourth-order valence-electron chi connectivity index (χ4n) is 2.39. The van der Waals surface area contributed by atoms with Gasteiger partial charge in [0.05, 0.1) is 17.9 Å². The largest absolute Gasteiger partial charge is 0.481 e. The number of aliphatic hydroxyl groups excluding tert-OH is 1. The smallest absolute Gasteiger partial charge is 0.309 e. The van der Waals surface area contributed by atoms with Crippen LogP contribution >= 0.6 is 0 Å². The van der Waals surface area contributed by atoms with E-state index in [1.54, 1.807) is 44.0 Å². The van der Waals surface area contributed by atoms with E-state index in [4.69, 9.17) is 5.11 Å². The molecule has 0 saturated heterocycles. The van der Waals surface area contributed by atoms with Crippen LogP contribution in [0.5, 0.6) is 0 Å². The molecule has 0 bridgehead atoms. The minimum atomic E-state index is -0.995. The van der Waals surface area contributed by atoms with Gasteiger partial charge >= 0.3 is 5.97 Å². The third kappa shape index (κ3) is 2.54. The molecule has 5 heteroatoms. The number of aliphatic carboxylic acids is 1. The lowest BCUT2D eigenvalue weighted by atomic mass is 9.84. The molecule has 108 valence electrons. The number of hydrogen-bond acceptors (Lipinski definition) is 3. The topological polar surface area (TPSA) is 77.8 Å². The number of carbonyl (C=O) groups excluding carboxylic acids is 1. The van der Waals surface area contributed by atoms with Crippen molar-refractivity contribution in [2.24, 2.45) is 5.41 Å². The number of amides is 1. The van der Waals surface area contributed by atoms with Crippen LogP contribution in [-0.2, 0) is 16.0 Å². The van der Waals surface area contributed by atoms with Gasteiger partial charge in [-0.1, -0.05) is 12.1 Å². The average Bonchev–Trinajstić information content (AvgIpc) is 2.64. The zero-order valence-electron chi connectivity index (χ0n) is 11.9. The van der Waals surface area contributed by atoms with Gasteiger partial charge in [0.2, 0.25) is 5.91 Å². The van der Waals surface area contributed by atoms with Crippen molar-refractivity contribution >= 4 is 17.6 Å². The standard InChI is InChI=1S/C15H19NO4/c1-15(2,14(19)20)8-12(17)9-4-5-11-10(6-9)7-13(18)16(11)3/h4-6,12,17H,7-8H2,1-3H3,(H,19,20). The molecule has 2 rings (SSSR count). The predicted molar refractivity (Wildman–Crippen MR) is 74.5 cm³/mol. The number of likely N-dealkylation sites (N-methyl/N-ethyl adjacent to an activating group) is 1. The molecule has 1 amide bonds. The molecule has 1 aliphatic rings. The van der Waals surface area contributed by atoms with E-state index in [1.165, 1.54) is 0 Å². The number of benzene rings is 1. The molecule has 0 radical (unpaired) electrons. The summed E-state index contributed by atoms with van der Waals surface area (Å²) in [6, 6.07) is 5.34. The first kappa shape index (κ1) is 14.5. The minimum absolute atomic E-state index is 0.0255. The van der Waals surface area contributed by atoms with Gasteiger partial charge in [-0.25, -0.2) is 0 Å². The van der Waals surface area contributed by atoms with Crippen molar-refractivity contribution in [3.63, 3.8) is 0 Å². The van der Waals surface area contributed by atoms with Crippen molar-refractivity contribution < 1.29 is 19.8 Å². The number of aliphatic hydroxyl groups is 1. The van der Waals surface area contributed by atoms with Crippen LogP contribution in [0.1, 0.15) is 37.5 Å². The van der Waals surface area contributed by atoms with Crippen molar-refractivity contribution in [3.8, 4) is 0 Å². The Morgan fingerprint density at radius 2 is 2.10 bits per heavy atom. The number of anilines is 1. The number of carboxylic acid groups (broad SMARTS) is 1. The van der Waals surface area contributed by atoms with E-state index in [-0.39, 0.29) is 12.3 Å². The maximum absolute atomic E-state index is 11.6. The molecule has 0 spiro atoms. The summed E-state index contributed by atoms with van der Waals surface area (Å²) in [7, 11) is 1.72. The van der Waals surface area contributed by atoms with Crippen LogP contribution in [0.15, 0.2) is 18.2 Å².